The molecule has 0 bridgehead atoms. The van der Waals surface area contributed by atoms with Gasteiger partial charge in [0.1, 0.15) is 11.7 Å². The van der Waals surface area contributed by atoms with Gasteiger partial charge in [-0.05, 0) is 58.6 Å². The zero-order valence-corrected chi connectivity index (χ0v) is 30.8. The first kappa shape index (κ1) is 41.6. The predicted octanol–water partition coefficient (Wildman–Crippen LogP) is 2.89. The Balaban J connectivity index is 1.71. The first-order valence-electron chi connectivity index (χ1n) is 18.0. The summed E-state index contributed by atoms with van der Waals surface area (Å²) in [5.74, 6) is -1.35. The van der Waals surface area contributed by atoms with Gasteiger partial charge in [-0.3, -0.25) is 14.5 Å². The quantitative estimate of drug-likeness (QED) is 0.0768. The molecule has 0 aliphatic carbocycles. The van der Waals surface area contributed by atoms with E-state index in [1.54, 1.807) is 51.2 Å². The van der Waals surface area contributed by atoms with Gasteiger partial charge in [0.15, 0.2) is 6.10 Å². The monoisotopic (exact) mass is 708 g/mol. The number of cyclic esters (lactones) is 1. The summed E-state index contributed by atoms with van der Waals surface area (Å²) in [5, 5.41) is 43.2. The standard InChI is InChI=1S/C37H60N2O11/c1-8-28(41)26(5)34-29(48-34)22-36(6,45)15-10-11-24(3)33-25(4)12-13-30(37(7,46)16-14-27(40)21-31(42)50-33)49-35(44)39-19-17-38(18-20-39)23-32(43)47-9-2/h10-13,15,25-30,33-34,40-41,45-46H,8-9,14,16-23H2,1-7H3/b13-12-,15-10+,24-11+. The van der Waals surface area contributed by atoms with Crippen LogP contribution in [-0.2, 0) is 28.5 Å². The van der Waals surface area contributed by atoms with Gasteiger partial charge in [0.2, 0.25) is 0 Å². The second-order valence-corrected chi connectivity index (χ2v) is 14.6. The summed E-state index contributed by atoms with van der Waals surface area (Å²) >= 11 is 0. The van der Waals surface area contributed by atoms with Gasteiger partial charge < -0.3 is 44.3 Å². The first-order valence-corrected chi connectivity index (χ1v) is 18.0. The molecule has 13 heteroatoms. The zero-order valence-electron chi connectivity index (χ0n) is 30.8. The highest BCUT2D eigenvalue weighted by Gasteiger charge is 2.47. The molecule has 0 spiro atoms. The fraction of sp³-hybridized carbons (Fsp3) is 0.757. The minimum Gasteiger partial charge on any atom is -0.465 e. The van der Waals surface area contributed by atoms with Crippen molar-refractivity contribution in [3.8, 4) is 0 Å². The summed E-state index contributed by atoms with van der Waals surface area (Å²) in [7, 11) is 0. The lowest BCUT2D eigenvalue weighted by Gasteiger charge is -2.37. The van der Waals surface area contributed by atoms with E-state index in [1.165, 1.54) is 11.8 Å². The Morgan fingerprint density at radius 3 is 2.52 bits per heavy atom. The molecule has 10 unspecified atom stereocenters. The number of carbonyl (C=O) groups is 3. The van der Waals surface area contributed by atoms with Crippen LogP contribution >= 0.6 is 0 Å². The maximum Gasteiger partial charge on any atom is 0.410 e. The van der Waals surface area contributed by atoms with Crippen molar-refractivity contribution >= 4 is 18.0 Å². The van der Waals surface area contributed by atoms with Gasteiger partial charge in [-0.2, -0.15) is 0 Å². The van der Waals surface area contributed by atoms with Gasteiger partial charge >= 0.3 is 18.0 Å². The van der Waals surface area contributed by atoms with Crippen molar-refractivity contribution in [2.45, 2.75) is 128 Å². The maximum atomic E-state index is 13.3. The number of rotatable bonds is 12. The lowest BCUT2D eigenvalue weighted by Crippen LogP contribution is -2.52. The average Bonchev–Trinajstić information content (AvgIpc) is 3.81. The van der Waals surface area contributed by atoms with Crippen LogP contribution in [-0.4, -0.2) is 135 Å². The van der Waals surface area contributed by atoms with Gasteiger partial charge in [0.05, 0.1) is 49.6 Å². The van der Waals surface area contributed by atoms with Crippen molar-refractivity contribution in [2.24, 2.45) is 11.8 Å². The molecule has 3 heterocycles. The van der Waals surface area contributed by atoms with Crippen molar-refractivity contribution in [1.82, 2.24) is 9.80 Å². The second kappa shape index (κ2) is 18.6. The highest BCUT2D eigenvalue weighted by Crippen LogP contribution is 2.37. The molecule has 1 amide bonds. The molecule has 3 aliphatic rings. The molecule has 2 fully saturated rings. The van der Waals surface area contributed by atoms with Gasteiger partial charge in [-0.1, -0.05) is 45.1 Å². The zero-order chi connectivity index (χ0) is 37.2. The Labute approximate surface area is 296 Å². The van der Waals surface area contributed by atoms with Crippen LogP contribution in [0.15, 0.2) is 36.0 Å². The number of hydrogen-bond donors (Lipinski definition) is 4. The number of epoxide rings is 1. The number of allylic oxidation sites excluding steroid dienone is 2. The van der Waals surface area contributed by atoms with E-state index in [1.807, 2.05) is 25.7 Å². The van der Waals surface area contributed by atoms with Crippen LogP contribution in [0, 0.1) is 11.8 Å². The number of aliphatic hydroxyl groups is 4. The molecule has 0 radical (unpaired) electrons. The lowest BCUT2D eigenvalue weighted by atomic mass is 9.88. The van der Waals surface area contributed by atoms with Crippen molar-refractivity contribution in [3.05, 3.63) is 36.0 Å². The third kappa shape index (κ3) is 12.8. The Bertz CT molecular complexity index is 1220. The largest absolute Gasteiger partial charge is 0.465 e. The maximum absolute atomic E-state index is 13.3. The Morgan fingerprint density at radius 2 is 1.88 bits per heavy atom. The summed E-state index contributed by atoms with van der Waals surface area (Å²) in [4.78, 5) is 41.4. The van der Waals surface area contributed by atoms with Crippen molar-refractivity contribution in [3.63, 3.8) is 0 Å². The molecule has 0 saturated carbocycles. The molecular formula is C37H60N2O11. The first-order chi connectivity index (χ1) is 23.5. The van der Waals surface area contributed by atoms with Crippen LogP contribution in [0.2, 0.25) is 0 Å². The number of piperazine rings is 1. The Morgan fingerprint density at radius 1 is 1.20 bits per heavy atom. The predicted molar refractivity (Wildman–Crippen MR) is 186 cm³/mol. The van der Waals surface area contributed by atoms with Crippen LogP contribution < -0.4 is 0 Å². The highest BCUT2D eigenvalue weighted by atomic mass is 16.6. The fourth-order valence-electron chi connectivity index (χ4n) is 6.46. The molecule has 0 aromatic carbocycles. The molecule has 50 heavy (non-hydrogen) atoms. The van der Waals surface area contributed by atoms with Crippen LogP contribution in [0.25, 0.3) is 0 Å². The summed E-state index contributed by atoms with van der Waals surface area (Å²) in [6.45, 7) is 14.5. The van der Waals surface area contributed by atoms with Crippen molar-refractivity contribution < 1.29 is 53.8 Å². The van der Waals surface area contributed by atoms with Gasteiger partial charge in [-0.25, -0.2) is 4.79 Å². The normalized spacial score (nSPS) is 33.3. The Hall–Kier alpha value is -2.81. The van der Waals surface area contributed by atoms with Crippen LogP contribution in [0.5, 0.6) is 0 Å². The van der Waals surface area contributed by atoms with Crippen LogP contribution in [0.1, 0.15) is 80.6 Å². The number of ether oxygens (including phenoxy) is 4. The topological polar surface area (TPSA) is 179 Å². The average molecular weight is 709 g/mol. The molecule has 0 aromatic heterocycles. The Kier molecular flexibility index (Phi) is 15.5. The second-order valence-electron chi connectivity index (χ2n) is 14.6. The number of aliphatic hydroxyl groups excluding tert-OH is 2. The van der Waals surface area contributed by atoms with E-state index < -0.39 is 53.6 Å². The van der Waals surface area contributed by atoms with E-state index in [0.717, 1.165) is 0 Å². The minimum absolute atomic E-state index is 0.0256. The molecule has 2 saturated heterocycles. The lowest BCUT2D eigenvalue weighted by molar-refractivity contribution is -0.151. The molecule has 284 valence electrons. The number of hydrogen-bond acceptors (Lipinski definition) is 12. The van der Waals surface area contributed by atoms with Gasteiger partial charge in [0, 0.05) is 44.4 Å². The summed E-state index contributed by atoms with van der Waals surface area (Å²) < 4.78 is 22.5. The number of amides is 1. The van der Waals surface area contributed by atoms with E-state index in [-0.39, 0.29) is 49.9 Å². The molecular weight excluding hydrogens is 648 g/mol. The smallest absolute Gasteiger partial charge is 0.410 e. The molecule has 10 atom stereocenters. The summed E-state index contributed by atoms with van der Waals surface area (Å²) in [6, 6.07) is 0. The minimum atomic E-state index is -1.55. The number of carbonyl (C=O) groups excluding carboxylic acids is 3. The van der Waals surface area contributed by atoms with E-state index in [0.29, 0.717) is 51.2 Å². The molecule has 4 N–H and O–H groups in total. The van der Waals surface area contributed by atoms with Crippen molar-refractivity contribution in [2.75, 3.05) is 39.3 Å². The number of nitrogens with zero attached hydrogens (tertiary/aromatic N) is 2. The third-order valence-electron chi connectivity index (χ3n) is 9.88. The van der Waals surface area contributed by atoms with Gasteiger partial charge in [0.25, 0.3) is 0 Å². The van der Waals surface area contributed by atoms with Crippen molar-refractivity contribution in [1.29, 1.82) is 0 Å². The highest BCUT2D eigenvalue weighted by molar-refractivity contribution is 5.72. The fourth-order valence-corrected chi connectivity index (χ4v) is 6.46. The van der Waals surface area contributed by atoms with E-state index in [9.17, 15) is 34.8 Å². The van der Waals surface area contributed by atoms with Gasteiger partial charge in [-0.15, -0.1) is 0 Å². The summed E-state index contributed by atoms with van der Waals surface area (Å²) in [6.07, 6.45) is 5.11. The SMILES string of the molecule is CCOC(=O)CN1CCN(C(=O)OC2/C=C\C(C)C(/C(C)=C/C=C/C(C)(O)CC3OC3C(C)C(O)CC)OC(=O)CC(O)CCC2(C)O)CC1. The molecule has 13 nitrogen and oxygen atoms in total. The van der Waals surface area contributed by atoms with E-state index >= 15 is 0 Å². The van der Waals surface area contributed by atoms with Crippen LogP contribution in [0.4, 0.5) is 4.79 Å². The van der Waals surface area contributed by atoms with E-state index in [4.69, 9.17) is 18.9 Å². The van der Waals surface area contributed by atoms with Crippen LogP contribution in [0.3, 0.4) is 0 Å². The van der Waals surface area contributed by atoms with E-state index in [2.05, 4.69) is 0 Å². The molecule has 3 aliphatic heterocycles. The number of esters is 2. The third-order valence-corrected chi connectivity index (χ3v) is 9.88. The molecule has 0 aromatic rings. The molecule has 3 rings (SSSR count). The summed E-state index contributed by atoms with van der Waals surface area (Å²) in [5.41, 5.74) is -2.05.